The van der Waals surface area contributed by atoms with Gasteiger partial charge in [-0.1, -0.05) is 18.2 Å². The van der Waals surface area contributed by atoms with E-state index in [1.807, 2.05) is 18.2 Å². The number of aromatic amines is 1. The average molecular weight is 454 g/mol. The van der Waals surface area contributed by atoms with E-state index < -0.39 is 10.8 Å². The Bertz CT molecular complexity index is 1540. The van der Waals surface area contributed by atoms with E-state index in [1.54, 1.807) is 61.5 Å². The molecule has 0 aliphatic heterocycles. The standard InChI is InChI=1S/C24H18N6O4/c1-14-21(30(32)33)24(29(28-14)17-5-3-2-4-6-17)34-18-10-7-15(8-11-18)23-26-19-12-9-16(22(25)31)13-20(19)27-23/h2-13H,1H3,(H2,25,31)(H,26,27). The quantitative estimate of drug-likeness (QED) is 0.285. The number of H-pyrrole nitrogens is 1. The van der Waals surface area contributed by atoms with Crippen LogP contribution in [0.4, 0.5) is 5.69 Å². The number of para-hydroxylation sites is 1. The van der Waals surface area contributed by atoms with E-state index in [2.05, 4.69) is 15.1 Å². The number of aryl methyl sites for hydroxylation is 1. The maximum Gasteiger partial charge on any atom is 0.354 e. The molecule has 0 spiro atoms. The summed E-state index contributed by atoms with van der Waals surface area (Å²) in [5, 5.41) is 16.0. The molecule has 1 amide bonds. The van der Waals surface area contributed by atoms with Gasteiger partial charge in [0.25, 0.3) is 0 Å². The number of aromatic nitrogens is 4. The van der Waals surface area contributed by atoms with Crippen molar-refractivity contribution in [2.45, 2.75) is 6.92 Å². The maximum atomic E-state index is 11.7. The van der Waals surface area contributed by atoms with Gasteiger partial charge < -0.3 is 15.5 Å². The number of nitrogens with one attached hydrogen (secondary N) is 1. The summed E-state index contributed by atoms with van der Waals surface area (Å²) < 4.78 is 7.36. The largest absolute Gasteiger partial charge is 0.434 e. The molecule has 2 aromatic heterocycles. The van der Waals surface area contributed by atoms with E-state index in [4.69, 9.17) is 10.5 Å². The molecule has 0 atom stereocenters. The minimum absolute atomic E-state index is 0.0177. The fourth-order valence-corrected chi connectivity index (χ4v) is 3.64. The lowest BCUT2D eigenvalue weighted by Crippen LogP contribution is -2.10. The van der Waals surface area contributed by atoms with Crippen molar-refractivity contribution in [1.29, 1.82) is 0 Å². The summed E-state index contributed by atoms with van der Waals surface area (Å²) in [5.41, 5.74) is 8.57. The van der Waals surface area contributed by atoms with Crippen LogP contribution in [0.3, 0.4) is 0 Å². The van der Waals surface area contributed by atoms with Gasteiger partial charge in [0.05, 0.1) is 21.6 Å². The Morgan fingerprint density at radius 1 is 1.09 bits per heavy atom. The number of rotatable bonds is 6. The van der Waals surface area contributed by atoms with Crippen LogP contribution in [0.5, 0.6) is 11.6 Å². The van der Waals surface area contributed by atoms with E-state index in [0.717, 1.165) is 5.56 Å². The Labute approximate surface area is 192 Å². The van der Waals surface area contributed by atoms with Crippen molar-refractivity contribution in [2.24, 2.45) is 5.73 Å². The monoisotopic (exact) mass is 454 g/mol. The van der Waals surface area contributed by atoms with Crippen LogP contribution in [-0.2, 0) is 0 Å². The number of hydrogen-bond acceptors (Lipinski definition) is 6. The van der Waals surface area contributed by atoms with Crippen LogP contribution in [0.15, 0.2) is 72.8 Å². The fourth-order valence-electron chi connectivity index (χ4n) is 3.64. The first-order valence-corrected chi connectivity index (χ1v) is 10.3. The molecule has 0 aliphatic rings. The van der Waals surface area contributed by atoms with Crippen LogP contribution in [0.25, 0.3) is 28.1 Å². The molecule has 5 aromatic rings. The number of hydrogen-bond donors (Lipinski definition) is 2. The summed E-state index contributed by atoms with van der Waals surface area (Å²) in [6.45, 7) is 1.57. The molecular formula is C24H18N6O4. The molecule has 0 bridgehead atoms. The topological polar surface area (TPSA) is 142 Å². The lowest BCUT2D eigenvalue weighted by Gasteiger charge is -2.09. The molecule has 10 nitrogen and oxygen atoms in total. The molecule has 10 heteroatoms. The van der Waals surface area contributed by atoms with Gasteiger partial charge in [0.15, 0.2) is 0 Å². The first-order valence-electron chi connectivity index (χ1n) is 10.3. The summed E-state index contributed by atoms with van der Waals surface area (Å²) in [6, 6.07) is 21.0. The Hall–Kier alpha value is -4.99. The van der Waals surface area contributed by atoms with Crippen molar-refractivity contribution in [1.82, 2.24) is 19.7 Å². The Morgan fingerprint density at radius 2 is 1.82 bits per heavy atom. The smallest absolute Gasteiger partial charge is 0.354 e. The molecule has 0 unspecified atom stereocenters. The van der Waals surface area contributed by atoms with E-state index in [0.29, 0.717) is 33.9 Å². The van der Waals surface area contributed by atoms with E-state index in [-0.39, 0.29) is 17.3 Å². The number of nitro groups is 1. The van der Waals surface area contributed by atoms with Gasteiger partial charge in [-0.15, -0.1) is 0 Å². The Morgan fingerprint density at radius 3 is 2.50 bits per heavy atom. The molecule has 3 N–H and O–H groups in total. The second kappa shape index (κ2) is 8.17. The van der Waals surface area contributed by atoms with Crippen LogP contribution in [0.2, 0.25) is 0 Å². The number of carbonyl (C=O) groups excluding carboxylic acids is 1. The number of amides is 1. The number of imidazole rings is 1. The molecule has 0 aliphatic carbocycles. The molecule has 0 radical (unpaired) electrons. The fraction of sp³-hybridized carbons (Fsp3) is 0.0417. The van der Waals surface area contributed by atoms with Gasteiger partial charge in [0.1, 0.15) is 17.3 Å². The third kappa shape index (κ3) is 3.73. The lowest BCUT2D eigenvalue weighted by molar-refractivity contribution is -0.386. The van der Waals surface area contributed by atoms with Crippen LogP contribution < -0.4 is 10.5 Å². The van der Waals surface area contributed by atoms with Gasteiger partial charge in [-0.05, 0) is 61.5 Å². The molecule has 0 saturated heterocycles. The molecule has 5 rings (SSSR count). The van der Waals surface area contributed by atoms with Crippen molar-refractivity contribution in [3.8, 4) is 28.7 Å². The molecule has 34 heavy (non-hydrogen) atoms. The van der Waals surface area contributed by atoms with Crippen molar-refractivity contribution < 1.29 is 14.5 Å². The summed E-state index contributed by atoms with van der Waals surface area (Å²) in [4.78, 5) is 30.3. The van der Waals surface area contributed by atoms with Gasteiger partial charge in [-0.2, -0.15) is 9.78 Å². The van der Waals surface area contributed by atoms with Crippen LogP contribution in [0.1, 0.15) is 16.1 Å². The zero-order valence-corrected chi connectivity index (χ0v) is 17.9. The molecule has 0 fully saturated rings. The second-order valence-corrected chi connectivity index (χ2v) is 7.55. The van der Waals surface area contributed by atoms with Gasteiger partial charge in [0.2, 0.25) is 5.91 Å². The summed E-state index contributed by atoms with van der Waals surface area (Å²) in [6.07, 6.45) is 0. The number of primary amides is 1. The van der Waals surface area contributed by atoms with Gasteiger partial charge in [-0.3, -0.25) is 14.9 Å². The number of carbonyl (C=O) groups is 1. The number of ether oxygens (including phenoxy) is 1. The molecular weight excluding hydrogens is 436 g/mol. The second-order valence-electron chi connectivity index (χ2n) is 7.55. The number of benzene rings is 3. The summed E-state index contributed by atoms with van der Waals surface area (Å²) in [5.74, 6) is 0.498. The molecule has 2 heterocycles. The average Bonchev–Trinajstić information content (AvgIpc) is 3.40. The Balaban J connectivity index is 1.48. The third-order valence-electron chi connectivity index (χ3n) is 5.28. The molecule has 168 valence electrons. The van der Waals surface area contributed by atoms with Gasteiger partial charge in [-0.25, -0.2) is 4.98 Å². The number of fused-ring (bicyclic) bond motifs is 1. The minimum Gasteiger partial charge on any atom is -0.434 e. The predicted molar refractivity (Wildman–Crippen MR) is 125 cm³/mol. The highest BCUT2D eigenvalue weighted by Gasteiger charge is 2.28. The van der Waals surface area contributed by atoms with E-state index in [1.165, 1.54) is 4.68 Å². The predicted octanol–water partition coefficient (Wildman–Crippen LogP) is 4.52. The number of nitrogens with two attached hydrogens (primary N) is 1. The highest BCUT2D eigenvalue weighted by Crippen LogP contribution is 2.36. The van der Waals surface area contributed by atoms with Crippen molar-refractivity contribution in [2.75, 3.05) is 0 Å². The van der Waals surface area contributed by atoms with E-state index in [9.17, 15) is 14.9 Å². The molecule has 3 aromatic carbocycles. The first kappa shape index (κ1) is 20.9. The lowest BCUT2D eigenvalue weighted by atomic mass is 10.2. The van der Waals surface area contributed by atoms with Gasteiger partial charge >= 0.3 is 11.6 Å². The van der Waals surface area contributed by atoms with E-state index >= 15 is 0 Å². The highest BCUT2D eigenvalue weighted by atomic mass is 16.6. The minimum atomic E-state index is -0.515. The van der Waals surface area contributed by atoms with Crippen LogP contribution >= 0.6 is 0 Å². The van der Waals surface area contributed by atoms with Crippen molar-refractivity contribution >= 4 is 22.6 Å². The Kier molecular flexibility index (Phi) is 5.02. The molecule has 0 saturated carbocycles. The van der Waals surface area contributed by atoms with Crippen LogP contribution in [0, 0.1) is 17.0 Å². The van der Waals surface area contributed by atoms with Crippen molar-refractivity contribution in [3.63, 3.8) is 0 Å². The number of nitrogens with zero attached hydrogens (tertiary/aromatic N) is 4. The third-order valence-corrected chi connectivity index (χ3v) is 5.28. The zero-order valence-electron chi connectivity index (χ0n) is 17.9. The highest BCUT2D eigenvalue weighted by molar-refractivity contribution is 5.96. The van der Waals surface area contributed by atoms with Crippen molar-refractivity contribution in [3.05, 3.63) is 94.2 Å². The zero-order chi connectivity index (χ0) is 23.8. The maximum absolute atomic E-state index is 11.7. The summed E-state index contributed by atoms with van der Waals surface area (Å²) in [7, 11) is 0. The van der Waals surface area contributed by atoms with Crippen LogP contribution in [-0.4, -0.2) is 30.6 Å². The van der Waals surface area contributed by atoms with Gasteiger partial charge in [0, 0.05) is 11.1 Å². The summed E-state index contributed by atoms with van der Waals surface area (Å²) >= 11 is 0. The first-order chi connectivity index (χ1) is 16.4. The SMILES string of the molecule is Cc1nn(-c2ccccc2)c(Oc2ccc(-c3nc4ccc(C(N)=O)cc4[nH]3)cc2)c1[N+](=O)[O-]. The normalized spacial score (nSPS) is 11.0.